The van der Waals surface area contributed by atoms with Crippen LogP contribution >= 0.6 is 11.8 Å². The van der Waals surface area contributed by atoms with Crippen LogP contribution in [0.5, 0.6) is 0 Å². The van der Waals surface area contributed by atoms with Crippen molar-refractivity contribution in [1.29, 1.82) is 0 Å². The molecule has 1 unspecified atom stereocenters. The lowest BCUT2D eigenvalue weighted by atomic mass is 10.3. The van der Waals surface area contributed by atoms with Gasteiger partial charge in [-0.05, 0) is 31.9 Å². The number of likely N-dealkylation sites (tertiary alicyclic amines) is 1. The summed E-state index contributed by atoms with van der Waals surface area (Å²) in [5, 5.41) is 2.83. The van der Waals surface area contributed by atoms with Crippen LogP contribution in [0.25, 0.3) is 0 Å². The summed E-state index contributed by atoms with van der Waals surface area (Å²) in [6.07, 6.45) is 2.47. The molecule has 1 saturated heterocycles. The van der Waals surface area contributed by atoms with Crippen LogP contribution in [0.2, 0.25) is 0 Å². The molecule has 1 aromatic carbocycles. The van der Waals surface area contributed by atoms with Gasteiger partial charge in [-0.25, -0.2) is 0 Å². The molecule has 0 bridgehead atoms. The van der Waals surface area contributed by atoms with E-state index >= 15 is 0 Å². The molecule has 4 nitrogen and oxygen atoms in total. The molecule has 1 atom stereocenters. The van der Waals surface area contributed by atoms with Crippen molar-refractivity contribution in [2.24, 2.45) is 0 Å². The van der Waals surface area contributed by atoms with Gasteiger partial charge in [-0.1, -0.05) is 18.2 Å². The van der Waals surface area contributed by atoms with E-state index in [4.69, 9.17) is 0 Å². The molecule has 5 heteroatoms. The van der Waals surface area contributed by atoms with Crippen molar-refractivity contribution in [3.05, 3.63) is 30.3 Å². The Morgan fingerprint density at radius 3 is 2.81 bits per heavy atom. The standard InChI is InChI=1S/C16H22N2O2S/c1-13(21-14-7-3-2-4-8-14)16(20)17-10-6-12-18-11-5-9-15(18)19/h2-4,7-8,13H,5-6,9-12H2,1H3,(H,17,20). The number of amides is 2. The van der Waals surface area contributed by atoms with E-state index in [1.165, 1.54) is 0 Å². The number of nitrogens with one attached hydrogen (secondary N) is 1. The smallest absolute Gasteiger partial charge is 0.233 e. The number of carbonyl (C=O) groups is 2. The number of hydrogen-bond donors (Lipinski definition) is 1. The molecule has 1 aromatic rings. The second kappa shape index (κ2) is 8.08. The highest BCUT2D eigenvalue weighted by atomic mass is 32.2. The first kappa shape index (κ1) is 15.9. The zero-order valence-corrected chi connectivity index (χ0v) is 13.2. The Hall–Kier alpha value is -1.49. The molecular weight excluding hydrogens is 284 g/mol. The van der Waals surface area contributed by atoms with Gasteiger partial charge in [0.15, 0.2) is 0 Å². The van der Waals surface area contributed by atoms with Crippen molar-refractivity contribution in [2.75, 3.05) is 19.6 Å². The summed E-state index contributed by atoms with van der Waals surface area (Å²) >= 11 is 1.56. The largest absolute Gasteiger partial charge is 0.355 e. The van der Waals surface area contributed by atoms with Gasteiger partial charge in [-0.2, -0.15) is 0 Å². The normalized spacial score (nSPS) is 16.0. The SMILES string of the molecule is CC(Sc1ccccc1)C(=O)NCCCN1CCCC1=O. The topological polar surface area (TPSA) is 49.4 Å². The summed E-state index contributed by atoms with van der Waals surface area (Å²) in [7, 11) is 0. The lowest BCUT2D eigenvalue weighted by Gasteiger charge is -2.16. The van der Waals surface area contributed by atoms with Crippen LogP contribution in [0.4, 0.5) is 0 Å². The minimum absolute atomic E-state index is 0.0524. The summed E-state index contributed by atoms with van der Waals surface area (Å²) in [5.41, 5.74) is 0. The number of nitrogens with zero attached hydrogens (tertiary/aromatic N) is 1. The molecular formula is C16H22N2O2S. The van der Waals surface area contributed by atoms with Gasteiger partial charge in [-0.15, -0.1) is 11.8 Å². The fourth-order valence-electron chi connectivity index (χ4n) is 2.32. The molecule has 1 aliphatic rings. The van der Waals surface area contributed by atoms with E-state index in [-0.39, 0.29) is 17.1 Å². The summed E-state index contributed by atoms with van der Waals surface area (Å²) in [6.45, 7) is 4.16. The quantitative estimate of drug-likeness (QED) is 0.621. The van der Waals surface area contributed by atoms with Crippen molar-refractivity contribution < 1.29 is 9.59 Å². The van der Waals surface area contributed by atoms with Crippen molar-refractivity contribution in [3.63, 3.8) is 0 Å². The first-order chi connectivity index (χ1) is 10.2. The van der Waals surface area contributed by atoms with Crippen LogP contribution in [-0.4, -0.2) is 41.6 Å². The van der Waals surface area contributed by atoms with Crippen LogP contribution in [0.15, 0.2) is 35.2 Å². The van der Waals surface area contributed by atoms with E-state index in [0.29, 0.717) is 13.0 Å². The van der Waals surface area contributed by atoms with Crippen LogP contribution < -0.4 is 5.32 Å². The zero-order chi connectivity index (χ0) is 15.1. The molecule has 0 radical (unpaired) electrons. The predicted octanol–water partition coefficient (Wildman–Crippen LogP) is 2.30. The Morgan fingerprint density at radius 2 is 2.14 bits per heavy atom. The van der Waals surface area contributed by atoms with E-state index in [1.807, 2.05) is 42.2 Å². The number of rotatable bonds is 7. The van der Waals surface area contributed by atoms with E-state index in [1.54, 1.807) is 11.8 Å². The first-order valence-electron chi connectivity index (χ1n) is 7.44. The average molecular weight is 306 g/mol. The van der Waals surface area contributed by atoms with Crippen LogP contribution in [0.3, 0.4) is 0 Å². The van der Waals surface area contributed by atoms with Crippen molar-refractivity contribution >= 4 is 23.6 Å². The molecule has 1 N–H and O–H groups in total. The number of hydrogen-bond acceptors (Lipinski definition) is 3. The van der Waals surface area contributed by atoms with Crippen molar-refractivity contribution in [1.82, 2.24) is 10.2 Å². The van der Waals surface area contributed by atoms with Gasteiger partial charge in [0, 0.05) is 31.0 Å². The van der Waals surface area contributed by atoms with Crippen LogP contribution in [0, 0.1) is 0 Å². The van der Waals surface area contributed by atoms with Gasteiger partial charge in [-0.3, -0.25) is 9.59 Å². The summed E-state index contributed by atoms with van der Waals surface area (Å²) < 4.78 is 0. The zero-order valence-electron chi connectivity index (χ0n) is 12.4. The molecule has 0 aliphatic carbocycles. The highest BCUT2D eigenvalue weighted by molar-refractivity contribution is 8.00. The second-order valence-electron chi connectivity index (χ2n) is 5.20. The molecule has 0 saturated carbocycles. The third-order valence-electron chi connectivity index (χ3n) is 3.50. The van der Waals surface area contributed by atoms with Crippen LogP contribution in [0.1, 0.15) is 26.2 Å². The summed E-state index contributed by atoms with van der Waals surface area (Å²) in [6, 6.07) is 9.93. The van der Waals surface area contributed by atoms with Gasteiger partial charge in [0.1, 0.15) is 0 Å². The maximum Gasteiger partial charge on any atom is 0.233 e. The number of benzene rings is 1. The van der Waals surface area contributed by atoms with Gasteiger partial charge >= 0.3 is 0 Å². The third-order valence-corrected chi connectivity index (χ3v) is 4.61. The molecule has 2 amide bonds. The van der Waals surface area contributed by atoms with E-state index in [9.17, 15) is 9.59 Å². The second-order valence-corrected chi connectivity index (χ2v) is 6.62. The van der Waals surface area contributed by atoms with E-state index < -0.39 is 0 Å². The van der Waals surface area contributed by atoms with E-state index in [0.717, 1.165) is 30.8 Å². The highest BCUT2D eigenvalue weighted by Gasteiger charge is 2.19. The Labute approximate surface area is 130 Å². The monoisotopic (exact) mass is 306 g/mol. The van der Waals surface area contributed by atoms with Gasteiger partial charge < -0.3 is 10.2 Å². The lowest BCUT2D eigenvalue weighted by molar-refractivity contribution is -0.127. The summed E-state index contributed by atoms with van der Waals surface area (Å²) in [5.74, 6) is 0.297. The van der Waals surface area contributed by atoms with Gasteiger partial charge in [0.25, 0.3) is 0 Å². The fraction of sp³-hybridized carbons (Fsp3) is 0.500. The molecule has 114 valence electrons. The summed E-state index contributed by atoms with van der Waals surface area (Å²) in [4.78, 5) is 26.4. The molecule has 1 heterocycles. The molecule has 1 fully saturated rings. The van der Waals surface area contributed by atoms with Crippen molar-refractivity contribution in [3.8, 4) is 0 Å². The molecule has 0 spiro atoms. The first-order valence-corrected chi connectivity index (χ1v) is 8.32. The molecule has 1 aliphatic heterocycles. The molecule has 2 rings (SSSR count). The van der Waals surface area contributed by atoms with E-state index in [2.05, 4.69) is 5.32 Å². The Kier molecular flexibility index (Phi) is 6.11. The fourth-order valence-corrected chi connectivity index (χ4v) is 3.24. The number of carbonyl (C=O) groups excluding carboxylic acids is 2. The maximum atomic E-state index is 12.0. The highest BCUT2D eigenvalue weighted by Crippen LogP contribution is 2.22. The van der Waals surface area contributed by atoms with Gasteiger partial charge in [0.05, 0.1) is 5.25 Å². The van der Waals surface area contributed by atoms with Gasteiger partial charge in [0.2, 0.25) is 11.8 Å². The minimum Gasteiger partial charge on any atom is -0.355 e. The predicted molar refractivity (Wildman–Crippen MR) is 85.2 cm³/mol. The van der Waals surface area contributed by atoms with Crippen molar-refractivity contribution in [2.45, 2.75) is 36.3 Å². The Bertz CT molecular complexity index is 478. The number of thioether (sulfide) groups is 1. The minimum atomic E-state index is -0.110. The average Bonchev–Trinajstić information content (AvgIpc) is 2.90. The Morgan fingerprint density at radius 1 is 1.38 bits per heavy atom. The maximum absolute atomic E-state index is 12.0. The van der Waals surface area contributed by atoms with Crippen LogP contribution in [-0.2, 0) is 9.59 Å². The molecule has 0 aromatic heterocycles. The third kappa shape index (κ3) is 5.08. The lowest BCUT2D eigenvalue weighted by Crippen LogP contribution is -2.34. The molecule has 21 heavy (non-hydrogen) atoms. The Balaban J connectivity index is 1.63.